The number of carbonyl (C=O) groups is 1. The molecule has 0 unspecified atom stereocenters. The highest BCUT2D eigenvalue weighted by molar-refractivity contribution is 5.95. The van der Waals surface area contributed by atoms with Gasteiger partial charge in [-0.2, -0.15) is 0 Å². The van der Waals surface area contributed by atoms with Crippen molar-refractivity contribution in [1.29, 1.82) is 0 Å². The molecular weight excluding hydrogens is 364 g/mol. The topological polar surface area (TPSA) is 56.5 Å². The van der Waals surface area contributed by atoms with E-state index < -0.39 is 11.6 Å². The molecule has 0 aliphatic carbocycles. The first-order valence-electron chi connectivity index (χ1n) is 9.65. The van der Waals surface area contributed by atoms with E-state index in [9.17, 15) is 9.59 Å². The molecule has 0 fully saturated rings. The lowest BCUT2D eigenvalue weighted by molar-refractivity contribution is 0.0474. The fraction of sp³-hybridized carbons (Fsp3) is 0.200. The number of fused-ring (bicyclic) bond motifs is 2. The second-order valence-electron chi connectivity index (χ2n) is 7.59. The highest BCUT2D eigenvalue weighted by Gasteiger charge is 2.14. The van der Waals surface area contributed by atoms with E-state index in [0.29, 0.717) is 22.6 Å². The van der Waals surface area contributed by atoms with Gasteiger partial charge >= 0.3 is 11.6 Å². The third-order valence-electron chi connectivity index (χ3n) is 5.18. The van der Waals surface area contributed by atoms with Crippen molar-refractivity contribution in [2.75, 3.05) is 0 Å². The molecule has 0 aliphatic rings. The predicted octanol–water partition coefficient (Wildman–Crippen LogP) is 5.74. The van der Waals surface area contributed by atoms with Gasteiger partial charge in [0.1, 0.15) is 12.2 Å². The van der Waals surface area contributed by atoms with Gasteiger partial charge in [0, 0.05) is 17.0 Å². The number of benzene rings is 3. The van der Waals surface area contributed by atoms with Crippen molar-refractivity contribution in [3.63, 3.8) is 0 Å². The van der Waals surface area contributed by atoms with Crippen LogP contribution in [0.1, 0.15) is 46.8 Å². The third kappa shape index (κ3) is 3.79. The van der Waals surface area contributed by atoms with E-state index in [0.717, 1.165) is 21.7 Å². The molecule has 0 bridgehead atoms. The quantitative estimate of drug-likeness (QED) is 0.332. The van der Waals surface area contributed by atoms with Gasteiger partial charge in [0.25, 0.3) is 0 Å². The van der Waals surface area contributed by atoms with E-state index in [1.54, 1.807) is 6.07 Å². The number of rotatable bonds is 4. The monoisotopic (exact) mass is 386 g/mol. The molecule has 4 heteroatoms. The van der Waals surface area contributed by atoms with Crippen LogP contribution in [0.5, 0.6) is 0 Å². The summed E-state index contributed by atoms with van der Waals surface area (Å²) in [6, 6.07) is 18.6. The molecular formula is C25H22O4. The second kappa shape index (κ2) is 7.55. The molecule has 0 amide bonds. The predicted molar refractivity (Wildman–Crippen MR) is 114 cm³/mol. The van der Waals surface area contributed by atoms with Crippen molar-refractivity contribution < 1.29 is 13.9 Å². The molecule has 1 aromatic heterocycles. The minimum Gasteiger partial charge on any atom is -0.457 e. The van der Waals surface area contributed by atoms with Gasteiger partial charge in [-0.3, -0.25) is 0 Å². The van der Waals surface area contributed by atoms with Crippen LogP contribution in [0.2, 0.25) is 0 Å². The molecule has 1 heterocycles. The summed E-state index contributed by atoms with van der Waals surface area (Å²) in [4.78, 5) is 24.6. The number of esters is 1. The van der Waals surface area contributed by atoms with Crippen LogP contribution < -0.4 is 5.63 Å². The molecule has 29 heavy (non-hydrogen) atoms. The Hall–Kier alpha value is -3.40. The average molecular weight is 386 g/mol. The zero-order valence-electron chi connectivity index (χ0n) is 16.7. The highest BCUT2D eigenvalue weighted by Crippen LogP contribution is 2.27. The Balaban J connectivity index is 1.65. The summed E-state index contributed by atoms with van der Waals surface area (Å²) in [5, 5.41) is 2.84. The van der Waals surface area contributed by atoms with Gasteiger partial charge in [0.2, 0.25) is 0 Å². The lowest BCUT2D eigenvalue weighted by atomic mass is 9.95. The molecule has 0 aliphatic heterocycles. The van der Waals surface area contributed by atoms with E-state index in [-0.39, 0.29) is 6.61 Å². The van der Waals surface area contributed by atoms with Crippen molar-refractivity contribution in [3.05, 3.63) is 93.3 Å². The summed E-state index contributed by atoms with van der Waals surface area (Å²) in [5.41, 5.74) is 3.43. The molecule has 0 atom stereocenters. The first-order valence-corrected chi connectivity index (χ1v) is 9.65. The van der Waals surface area contributed by atoms with Crippen LogP contribution in [0.3, 0.4) is 0 Å². The normalized spacial score (nSPS) is 11.3. The summed E-state index contributed by atoms with van der Waals surface area (Å²) < 4.78 is 10.9. The van der Waals surface area contributed by atoms with Gasteiger partial charge in [-0.25, -0.2) is 9.59 Å². The van der Waals surface area contributed by atoms with Gasteiger partial charge in [-0.05, 0) is 59.0 Å². The van der Waals surface area contributed by atoms with E-state index in [2.05, 4.69) is 13.8 Å². The van der Waals surface area contributed by atoms with Crippen LogP contribution in [0.4, 0.5) is 0 Å². The lowest BCUT2D eigenvalue weighted by Gasteiger charge is -2.13. The fourth-order valence-corrected chi connectivity index (χ4v) is 3.68. The zero-order chi connectivity index (χ0) is 20.5. The summed E-state index contributed by atoms with van der Waals surface area (Å²) in [5.74, 6) is -0.0901. The van der Waals surface area contributed by atoms with Gasteiger partial charge in [0.15, 0.2) is 0 Å². The first kappa shape index (κ1) is 18.9. The Morgan fingerprint density at radius 3 is 2.52 bits per heavy atom. The molecule has 0 saturated heterocycles. The van der Waals surface area contributed by atoms with E-state index in [4.69, 9.17) is 9.15 Å². The van der Waals surface area contributed by atoms with Crippen molar-refractivity contribution in [2.45, 2.75) is 33.3 Å². The first-order chi connectivity index (χ1) is 13.9. The molecule has 4 nitrogen and oxygen atoms in total. The van der Waals surface area contributed by atoms with E-state index in [1.165, 1.54) is 11.6 Å². The van der Waals surface area contributed by atoms with Crippen molar-refractivity contribution >= 4 is 27.7 Å². The molecule has 0 saturated carbocycles. The van der Waals surface area contributed by atoms with Crippen LogP contribution >= 0.6 is 0 Å². The van der Waals surface area contributed by atoms with Crippen LogP contribution in [0.25, 0.3) is 21.7 Å². The Bertz CT molecular complexity index is 1280. The van der Waals surface area contributed by atoms with E-state index in [1.807, 2.05) is 55.5 Å². The maximum absolute atomic E-state index is 12.6. The van der Waals surface area contributed by atoms with Gasteiger partial charge in [-0.15, -0.1) is 0 Å². The Labute approximate surface area is 168 Å². The van der Waals surface area contributed by atoms with Gasteiger partial charge in [-0.1, -0.05) is 44.2 Å². The van der Waals surface area contributed by atoms with E-state index >= 15 is 0 Å². The summed E-state index contributed by atoms with van der Waals surface area (Å²) in [6.45, 7) is 6.24. The fourth-order valence-electron chi connectivity index (χ4n) is 3.68. The van der Waals surface area contributed by atoms with Gasteiger partial charge in [0.05, 0.1) is 5.56 Å². The summed E-state index contributed by atoms with van der Waals surface area (Å²) >= 11 is 0. The Morgan fingerprint density at radius 1 is 1.00 bits per heavy atom. The minimum atomic E-state index is -0.453. The number of carbonyl (C=O) groups excluding carboxylic acids is 1. The molecule has 3 aromatic carbocycles. The molecule has 0 N–H and O–H groups in total. The molecule has 0 radical (unpaired) electrons. The standard InChI is InChI=1S/C25H22O4/c1-15(2)21-13-22-20(12-24(26)29-23(22)10-16(21)3)14-28-25(27)19-9-8-17-6-4-5-7-18(17)11-19/h4-13,15H,14H2,1-3H3. The largest absolute Gasteiger partial charge is 0.457 e. The third-order valence-corrected chi connectivity index (χ3v) is 5.18. The SMILES string of the molecule is Cc1cc2oc(=O)cc(COC(=O)c3ccc4ccccc4c3)c2cc1C(C)C. The zero-order valence-corrected chi connectivity index (χ0v) is 16.7. The molecule has 146 valence electrons. The molecule has 4 aromatic rings. The highest BCUT2D eigenvalue weighted by atomic mass is 16.5. The number of hydrogen-bond acceptors (Lipinski definition) is 4. The average Bonchev–Trinajstić information content (AvgIpc) is 2.70. The van der Waals surface area contributed by atoms with Crippen molar-refractivity contribution in [2.24, 2.45) is 0 Å². The lowest BCUT2D eigenvalue weighted by Crippen LogP contribution is -2.08. The van der Waals surface area contributed by atoms with Crippen molar-refractivity contribution in [1.82, 2.24) is 0 Å². The summed E-state index contributed by atoms with van der Waals surface area (Å²) in [6.07, 6.45) is 0. The molecule has 4 rings (SSSR count). The maximum Gasteiger partial charge on any atom is 0.338 e. The number of ether oxygens (including phenoxy) is 1. The molecule has 0 spiro atoms. The Kier molecular flexibility index (Phi) is 4.93. The van der Waals surface area contributed by atoms with Crippen LogP contribution in [0, 0.1) is 6.92 Å². The summed E-state index contributed by atoms with van der Waals surface area (Å²) in [7, 11) is 0. The van der Waals surface area contributed by atoms with Gasteiger partial charge < -0.3 is 9.15 Å². The number of hydrogen-bond donors (Lipinski definition) is 0. The number of aryl methyl sites for hydroxylation is 1. The maximum atomic E-state index is 12.6. The minimum absolute atomic E-state index is 0.00829. The van der Waals surface area contributed by atoms with Crippen LogP contribution in [-0.4, -0.2) is 5.97 Å². The van der Waals surface area contributed by atoms with Crippen molar-refractivity contribution in [3.8, 4) is 0 Å². The Morgan fingerprint density at radius 2 is 1.76 bits per heavy atom. The second-order valence-corrected chi connectivity index (χ2v) is 7.59. The smallest absolute Gasteiger partial charge is 0.338 e. The van der Waals surface area contributed by atoms with Crippen LogP contribution in [-0.2, 0) is 11.3 Å². The van der Waals surface area contributed by atoms with Crippen LogP contribution in [0.15, 0.2) is 69.9 Å².